The molecular weight excluding hydrogens is 182 g/mol. The maximum absolute atomic E-state index is 11.1. The van der Waals surface area contributed by atoms with Gasteiger partial charge in [0.1, 0.15) is 5.78 Å². The molecule has 0 heterocycles. The summed E-state index contributed by atoms with van der Waals surface area (Å²) < 4.78 is 0. The third kappa shape index (κ3) is 3.46. The molecule has 0 aliphatic heterocycles. The van der Waals surface area contributed by atoms with Crippen LogP contribution < -0.4 is 5.32 Å². The molecule has 0 spiro atoms. The Labute approximate surface area is 83.7 Å². The van der Waals surface area contributed by atoms with Gasteiger partial charge in [-0.2, -0.15) is 0 Å². The van der Waals surface area contributed by atoms with Crippen molar-refractivity contribution in [1.29, 1.82) is 0 Å². The molecule has 14 heavy (non-hydrogen) atoms. The number of amides is 1. The van der Waals surface area contributed by atoms with Gasteiger partial charge in [-0.15, -0.1) is 0 Å². The minimum absolute atomic E-state index is 0.0872. The molecule has 0 aromatic carbocycles. The lowest BCUT2D eigenvalue weighted by atomic mass is 10.0. The Hall–Kier alpha value is -0.900. The van der Waals surface area contributed by atoms with Crippen LogP contribution in [0, 0.1) is 0 Å². The van der Waals surface area contributed by atoms with Crippen molar-refractivity contribution in [3.63, 3.8) is 0 Å². The van der Waals surface area contributed by atoms with Crippen LogP contribution >= 0.6 is 0 Å². The molecule has 4 nitrogen and oxygen atoms in total. The fraction of sp³-hybridized carbons (Fsp3) is 0.800. The van der Waals surface area contributed by atoms with E-state index in [1.165, 1.54) is 6.92 Å². The molecular formula is C10H17NO3. The molecule has 1 saturated carbocycles. The molecule has 1 aliphatic carbocycles. The van der Waals surface area contributed by atoms with Crippen LogP contribution in [0.4, 0.5) is 0 Å². The number of nitrogens with one attached hydrogen (secondary N) is 1. The first-order valence-corrected chi connectivity index (χ1v) is 5.00. The van der Waals surface area contributed by atoms with Gasteiger partial charge < -0.3 is 10.4 Å². The number of aliphatic hydroxyl groups is 1. The molecule has 0 unspecified atom stereocenters. The monoisotopic (exact) mass is 199 g/mol. The van der Waals surface area contributed by atoms with Crippen molar-refractivity contribution >= 4 is 11.7 Å². The normalized spacial score (nSPS) is 19.3. The molecule has 1 aliphatic rings. The van der Waals surface area contributed by atoms with E-state index in [2.05, 4.69) is 5.32 Å². The Balaban J connectivity index is 2.25. The summed E-state index contributed by atoms with van der Waals surface area (Å²) >= 11 is 0. The number of hydrogen-bond donors (Lipinski definition) is 2. The van der Waals surface area contributed by atoms with E-state index >= 15 is 0 Å². The van der Waals surface area contributed by atoms with Crippen LogP contribution in [0.2, 0.25) is 0 Å². The number of ketones is 1. The first-order chi connectivity index (χ1) is 6.52. The molecule has 1 amide bonds. The number of carbonyl (C=O) groups is 2. The first kappa shape index (κ1) is 11.2. The molecule has 1 fully saturated rings. The van der Waals surface area contributed by atoms with E-state index in [0.29, 0.717) is 0 Å². The predicted molar refractivity (Wildman–Crippen MR) is 51.7 cm³/mol. The first-order valence-electron chi connectivity index (χ1n) is 5.00. The van der Waals surface area contributed by atoms with Crippen molar-refractivity contribution < 1.29 is 14.7 Å². The van der Waals surface area contributed by atoms with Crippen molar-refractivity contribution in [3.05, 3.63) is 0 Å². The smallest absolute Gasteiger partial charge is 0.227 e. The maximum atomic E-state index is 11.1. The Morgan fingerprint density at radius 3 is 2.43 bits per heavy atom. The summed E-state index contributed by atoms with van der Waals surface area (Å²) in [5, 5.41) is 12.5. The van der Waals surface area contributed by atoms with E-state index in [1.807, 2.05) is 0 Å². The maximum Gasteiger partial charge on any atom is 0.227 e. The third-order valence-corrected chi connectivity index (χ3v) is 2.56. The van der Waals surface area contributed by atoms with Crippen LogP contribution in [0.1, 0.15) is 39.0 Å². The summed E-state index contributed by atoms with van der Waals surface area (Å²) in [7, 11) is 0. The second-order valence-electron chi connectivity index (χ2n) is 4.09. The summed E-state index contributed by atoms with van der Waals surface area (Å²) in [5.41, 5.74) is -0.730. The van der Waals surface area contributed by atoms with Gasteiger partial charge in [-0.1, -0.05) is 12.8 Å². The van der Waals surface area contributed by atoms with Gasteiger partial charge >= 0.3 is 0 Å². The summed E-state index contributed by atoms with van der Waals surface area (Å²) in [6.45, 7) is 1.66. The fourth-order valence-electron chi connectivity index (χ4n) is 1.76. The Morgan fingerprint density at radius 1 is 1.36 bits per heavy atom. The highest BCUT2D eigenvalue weighted by atomic mass is 16.3. The SMILES string of the molecule is CC(=O)CC(=O)NCC1(O)CCCC1. The Morgan fingerprint density at radius 2 is 1.93 bits per heavy atom. The van der Waals surface area contributed by atoms with Crippen LogP contribution in [-0.2, 0) is 9.59 Å². The Kier molecular flexibility index (Phi) is 3.63. The second kappa shape index (κ2) is 4.55. The Bertz CT molecular complexity index is 232. The minimum atomic E-state index is -0.730. The number of Topliss-reactive ketones (excluding diaryl/α,β-unsaturated/α-hetero) is 1. The summed E-state index contributed by atoms with van der Waals surface area (Å²) in [4.78, 5) is 21.7. The van der Waals surface area contributed by atoms with E-state index in [1.54, 1.807) is 0 Å². The molecule has 2 N–H and O–H groups in total. The molecule has 0 atom stereocenters. The average Bonchev–Trinajstić information content (AvgIpc) is 2.49. The highest BCUT2D eigenvalue weighted by molar-refractivity contribution is 5.96. The molecule has 4 heteroatoms. The van der Waals surface area contributed by atoms with Gasteiger partial charge in [0.25, 0.3) is 0 Å². The summed E-state index contributed by atoms with van der Waals surface area (Å²) in [6.07, 6.45) is 3.43. The van der Waals surface area contributed by atoms with Gasteiger partial charge in [-0.05, 0) is 19.8 Å². The molecule has 0 radical (unpaired) electrons. The topological polar surface area (TPSA) is 66.4 Å². The lowest BCUT2D eigenvalue weighted by molar-refractivity contribution is -0.128. The van der Waals surface area contributed by atoms with E-state index in [9.17, 15) is 14.7 Å². The van der Waals surface area contributed by atoms with Gasteiger partial charge in [-0.25, -0.2) is 0 Å². The molecule has 0 bridgehead atoms. The van der Waals surface area contributed by atoms with Gasteiger partial charge in [0, 0.05) is 6.54 Å². The van der Waals surface area contributed by atoms with Crippen LogP contribution in [0.25, 0.3) is 0 Å². The highest BCUT2D eigenvalue weighted by Crippen LogP contribution is 2.28. The van der Waals surface area contributed by atoms with Gasteiger partial charge in [0.05, 0.1) is 12.0 Å². The molecule has 0 aromatic heterocycles. The predicted octanol–water partition coefficient (Wildman–Crippen LogP) is 0.387. The van der Waals surface area contributed by atoms with Gasteiger partial charge in [0.15, 0.2) is 0 Å². The van der Waals surface area contributed by atoms with E-state index in [0.717, 1.165) is 25.7 Å². The molecule has 0 saturated heterocycles. The second-order valence-corrected chi connectivity index (χ2v) is 4.09. The van der Waals surface area contributed by atoms with Crippen LogP contribution in [0.3, 0.4) is 0 Å². The summed E-state index contributed by atoms with van der Waals surface area (Å²) in [5.74, 6) is -0.446. The quantitative estimate of drug-likeness (QED) is 0.643. The van der Waals surface area contributed by atoms with Crippen molar-refractivity contribution in [2.45, 2.75) is 44.6 Å². The number of carbonyl (C=O) groups excluding carboxylic acids is 2. The number of hydrogen-bond acceptors (Lipinski definition) is 3. The molecule has 0 aromatic rings. The zero-order valence-corrected chi connectivity index (χ0v) is 8.51. The van der Waals surface area contributed by atoms with Crippen LogP contribution in [0.15, 0.2) is 0 Å². The lowest BCUT2D eigenvalue weighted by Crippen LogP contribution is -2.41. The molecule has 80 valence electrons. The highest BCUT2D eigenvalue weighted by Gasteiger charge is 2.31. The van der Waals surface area contributed by atoms with Gasteiger partial charge in [-0.3, -0.25) is 9.59 Å². The van der Waals surface area contributed by atoms with Crippen LogP contribution in [-0.4, -0.2) is 28.9 Å². The summed E-state index contributed by atoms with van der Waals surface area (Å²) in [6, 6.07) is 0. The van der Waals surface area contributed by atoms with E-state index < -0.39 is 5.60 Å². The lowest BCUT2D eigenvalue weighted by Gasteiger charge is -2.22. The largest absolute Gasteiger partial charge is 0.388 e. The van der Waals surface area contributed by atoms with Gasteiger partial charge in [0.2, 0.25) is 5.91 Å². The third-order valence-electron chi connectivity index (χ3n) is 2.56. The van der Waals surface area contributed by atoms with E-state index in [4.69, 9.17) is 0 Å². The fourth-order valence-corrected chi connectivity index (χ4v) is 1.76. The zero-order chi connectivity index (χ0) is 10.6. The number of rotatable bonds is 4. The van der Waals surface area contributed by atoms with Crippen molar-refractivity contribution in [2.24, 2.45) is 0 Å². The minimum Gasteiger partial charge on any atom is -0.388 e. The average molecular weight is 199 g/mol. The van der Waals surface area contributed by atoms with E-state index in [-0.39, 0.29) is 24.7 Å². The standard InChI is InChI=1S/C10H17NO3/c1-8(12)6-9(13)11-7-10(14)4-2-3-5-10/h14H,2-7H2,1H3,(H,11,13). The van der Waals surface area contributed by atoms with Crippen molar-refractivity contribution in [1.82, 2.24) is 5.32 Å². The molecule has 1 rings (SSSR count). The van der Waals surface area contributed by atoms with Crippen LogP contribution in [0.5, 0.6) is 0 Å². The van der Waals surface area contributed by atoms with Crippen molar-refractivity contribution in [3.8, 4) is 0 Å². The van der Waals surface area contributed by atoms with Crippen molar-refractivity contribution in [2.75, 3.05) is 6.54 Å². The zero-order valence-electron chi connectivity index (χ0n) is 8.51.